The highest BCUT2D eigenvalue weighted by molar-refractivity contribution is 7.88. The molecule has 8 rings (SSSR count). The van der Waals surface area contributed by atoms with Gasteiger partial charge in [0.05, 0.1) is 35.2 Å². The van der Waals surface area contributed by atoms with Gasteiger partial charge >= 0.3 is 17.6 Å². The van der Waals surface area contributed by atoms with E-state index >= 15 is 0 Å². The molecule has 7 N–H and O–H groups in total. The number of fused-ring (bicyclic) bond motifs is 1. The van der Waals surface area contributed by atoms with E-state index in [4.69, 9.17) is 26.2 Å². The maximum Gasteiger partial charge on any atom is 0.349 e. The van der Waals surface area contributed by atoms with Crippen molar-refractivity contribution in [3.05, 3.63) is 98.2 Å². The third kappa shape index (κ3) is 11.2. The predicted octanol–water partition coefficient (Wildman–Crippen LogP) is 4.80. The summed E-state index contributed by atoms with van der Waals surface area (Å²) in [6, 6.07) is 21.3. The predicted molar refractivity (Wildman–Crippen MR) is 257 cm³/mol. The number of carbonyl (C=O) groups excluding carboxylic acids is 3. The van der Waals surface area contributed by atoms with Gasteiger partial charge in [-0.2, -0.15) is 4.31 Å². The Kier molecular flexibility index (Phi) is 14.7. The molecule has 370 valence electrons. The number of nitrogens with zero attached hydrogens (tertiary/aromatic N) is 4. The lowest BCUT2D eigenvalue weighted by atomic mass is 9.85. The van der Waals surface area contributed by atoms with Crippen molar-refractivity contribution in [3.63, 3.8) is 0 Å². The van der Waals surface area contributed by atoms with E-state index in [0.717, 1.165) is 11.3 Å². The monoisotopic (exact) mass is 1020 g/mol. The summed E-state index contributed by atoms with van der Waals surface area (Å²) < 4.78 is 40.3. The van der Waals surface area contributed by atoms with Gasteiger partial charge in [0.1, 0.15) is 11.3 Å². The van der Waals surface area contributed by atoms with Crippen LogP contribution >= 0.6 is 22.9 Å². The van der Waals surface area contributed by atoms with Crippen LogP contribution in [-0.4, -0.2) is 136 Å². The number of hydrogen-bond donors (Lipinski definition) is 7. The number of aromatic carboxylic acids is 1. The summed E-state index contributed by atoms with van der Waals surface area (Å²) in [5, 5.41) is 48.3. The maximum atomic E-state index is 13.9. The molecule has 0 radical (unpaired) electrons. The minimum Gasteiger partial charge on any atom is -0.479 e. The van der Waals surface area contributed by atoms with Crippen molar-refractivity contribution >= 4 is 79.7 Å². The van der Waals surface area contributed by atoms with Crippen molar-refractivity contribution in [1.29, 1.82) is 0 Å². The van der Waals surface area contributed by atoms with E-state index in [1.54, 1.807) is 76.5 Å². The Morgan fingerprint density at radius 1 is 1.06 bits per heavy atom. The molecule has 3 amide bonds. The lowest BCUT2D eigenvalue weighted by molar-refractivity contribution is -0.171. The first-order chi connectivity index (χ1) is 33.3. The van der Waals surface area contributed by atoms with Crippen molar-refractivity contribution in [3.8, 4) is 22.3 Å². The van der Waals surface area contributed by atoms with E-state index in [9.17, 15) is 47.7 Å². The third-order valence-corrected chi connectivity index (χ3v) is 16.2. The zero-order valence-electron chi connectivity index (χ0n) is 38.0. The van der Waals surface area contributed by atoms with Crippen LogP contribution in [0.5, 0.6) is 5.75 Å². The number of aliphatic hydroxyl groups excluding tert-OH is 2. The van der Waals surface area contributed by atoms with Gasteiger partial charge in [-0.1, -0.05) is 41.9 Å². The molecule has 4 aromatic rings. The average molecular weight is 1020 g/mol. The Bertz CT molecular complexity index is 2900. The largest absolute Gasteiger partial charge is 0.479 e. The Morgan fingerprint density at radius 2 is 1.81 bits per heavy atom. The van der Waals surface area contributed by atoms with Crippen LogP contribution in [0.3, 0.4) is 0 Å². The van der Waals surface area contributed by atoms with Crippen LogP contribution in [0.25, 0.3) is 15.3 Å². The highest BCUT2D eigenvalue weighted by Crippen LogP contribution is 2.46. The molecule has 20 nitrogen and oxygen atoms in total. The minimum atomic E-state index is -3.83. The van der Waals surface area contributed by atoms with Gasteiger partial charge < -0.3 is 55.7 Å². The number of aliphatic hydroxyl groups is 2. The van der Waals surface area contributed by atoms with Gasteiger partial charge in [-0.3, -0.25) is 14.4 Å². The molecule has 4 unspecified atom stereocenters. The third-order valence-electron chi connectivity index (χ3n) is 12.5. The van der Waals surface area contributed by atoms with E-state index in [1.165, 1.54) is 4.31 Å². The summed E-state index contributed by atoms with van der Waals surface area (Å²) >= 11 is 7.32. The molecule has 23 heteroatoms. The number of sulfonamides is 1. The number of rotatable bonds is 16. The van der Waals surface area contributed by atoms with E-state index in [2.05, 4.69) is 26.9 Å². The first-order valence-corrected chi connectivity index (χ1v) is 25.1. The molecule has 5 heterocycles. The quantitative estimate of drug-likeness (QED) is 0.0744. The Hall–Kier alpha value is -6.32. The number of benzene rings is 3. The second kappa shape index (κ2) is 20.6. The molecule has 4 aliphatic rings. The zero-order valence-corrected chi connectivity index (χ0v) is 40.4. The van der Waals surface area contributed by atoms with Crippen LogP contribution in [0.15, 0.2) is 66.7 Å². The summed E-state index contributed by atoms with van der Waals surface area (Å²) in [4.78, 5) is 68.7. The number of ether oxygens (including phenoxy) is 2. The number of piperidine rings is 2. The number of thiophene rings is 1. The number of anilines is 2. The Balaban J connectivity index is 0.799. The maximum absolute atomic E-state index is 13.9. The first-order valence-electron chi connectivity index (χ1n) is 22.3. The molecule has 1 aromatic heterocycles. The van der Waals surface area contributed by atoms with Crippen molar-refractivity contribution < 1.29 is 62.3 Å². The van der Waals surface area contributed by atoms with Crippen molar-refractivity contribution in [2.75, 3.05) is 43.4 Å². The molecule has 0 bridgehead atoms. The van der Waals surface area contributed by atoms with E-state index < -0.39 is 58.9 Å². The van der Waals surface area contributed by atoms with Gasteiger partial charge in [-0.05, 0) is 67.8 Å². The molecule has 4 atom stereocenters. The lowest BCUT2D eigenvalue weighted by Gasteiger charge is -2.42. The van der Waals surface area contributed by atoms with Gasteiger partial charge in [0.25, 0.3) is 12.0 Å². The summed E-state index contributed by atoms with van der Waals surface area (Å²) in [7, 11) is -3.83. The van der Waals surface area contributed by atoms with E-state index in [-0.39, 0.29) is 84.2 Å². The van der Waals surface area contributed by atoms with Crippen molar-refractivity contribution in [2.45, 2.75) is 82.2 Å². The summed E-state index contributed by atoms with van der Waals surface area (Å²) in [5.41, 5.74) is 2.93. The standard InChI is InChI=1S/C47H50ClN7O13S2/c1-47(2)18-27(19-49-29-8-4-7-28(17-29)41-39(48)40(67-24-38(58)59)42(69-41)45(62)63)14-15-55(47)70(65,66)25-26-6-3-9-30(16-26)51-46(64)68-31-21-53(22-31)37(57)20-50-34-11-5-10-32-33(34)23-54(44(32)61)35-12-13-36(56)52-43(35)60/h3-11,16-17,27,31,35,43,46,50-51,60,64H,12-15,18,20-25H2,1-2H3,(H2-,52,56,58,59,62,63)/p+1. The van der Waals surface area contributed by atoms with E-state index in [1.807, 2.05) is 13.8 Å². The number of nitrogens with one attached hydrogen (secondary N) is 3. The van der Waals surface area contributed by atoms with Gasteiger partial charge in [0, 0.05) is 78.3 Å². The number of aliphatic carboxylic acids is 1. The molecule has 0 saturated carbocycles. The van der Waals surface area contributed by atoms with E-state index in [0.29, 0.717) is 63.5 Å². The van der Waals surface area contributed by atoms with Crippen LogP contribution < -0.4 is 20.7 Å². The number of amides is 3. The molecular weight excluding hydrogens is 970 g/mol. The second-order valence-corrected chi connectivity index (χ2v) is 21.3. The first kappa shape index (κ1) is 50.1. The van der Waals surface area contributed by atoms with Crippen LogP contribution in [0, 0.1) is 12.0 Å². The number of carboxylic acid groups (broad SMARTS) is 2. The zero-order chi connectivity index (χ0) is 50.1. The number of carbonyl (C=O) groups is 5. The molecule has 0 spiro atoms. The Labute approximate surface area is 411 Å². The average Bonchev–Trinajstić information content (AvgIpc) is 3.80. The van der Waals surface area contributed by atoms with Crippen LogP contribution in [0.1, 0.15) is 70.7 Å². The fraction of sp³-hybridized carbons (Fsp3) is 0.404. The highest BCUT2D eigenvalue weighted by Gasteiger charge is 2.43. The topological polar surface area (TPSA) is 269 Å². The molecule has 3 saturated heterocycles. The van der Waals surface area contributed by atoms with Gasteiger partial charge in [0.15, 0.2) is 17.2 Å². The van der Waals surface area contributed by atoms with Crippen LogP contribution in [0.4, 0.5) is 17.1 Å². The molecule has 70 heavy (non-hydrogen) atoms. The summed E-state index contributed by atoms with van der Waals surface area (Å²) in [6.07, 6.45) is -1.67. The minimum absolute atomic E-state index is 0.0295. The van der Waals surface area contributed by atoms with Crippen molar-refractivity contribution in [1.82, 2.24) is 19.4 Å². The lowest BCUT2D eigenvalue weighted by Crippen LogP contribution is -2.57. The number of halogens is 1. The fourth-order valence-electron chi connectivity index (χ4n) is 9.17. The fourth-order valence-corrected chi connectivity index (χ4v) is 12.5. The normalized spacial score (nSPS) is 20.6. The molecule has 3 fully saturated rings. The molecular formula is C47H51ClN7O13S2+. The van der Waals surface area contributed by atoms with Crippen molar-refractivity contribution in [2.24, 2.45) is 5.92 Å². The SMILES string of the molecule is CC1(C)CC(C#[N+]c2cccc(-c3sc(C(=O)O)c(OCC(=O)O)c3Cl)c2)CCN1S(=O)(=O)Cc1cccc(NC(O)OC2CN(C(=O)CNc3cccc4c3CN(C3CCC(=O)NC3O)C4=O)C2)c1. The molecule has 0 aliphatic carbocycles. The Morgan fingerprint density at radius 3 is 2.54 bits per heavy atom. The highest BCUT2D eigenvalue weighted by atomic mass is 35.5. The number of carboxylic acids is 2. The number of likely N-dealkylation sites (tertiary alicyclic amines) is 1. The summed E-state index contributed by atoms with van der Waals surface area (Å²) in [5.74, 6) is -4.06. The van der Waals surface area contributed by atoms with Crippen LogP contribution in [0.2, 0.25) is 5.02 Å². The van der Waals surface area contributed by atoms with Gasteiger partial charge in [-0.25, -0.2) is 18.0 Å². The second-order valence-electron chi connectivity index (χ2n) is 18.0. The van der Waals surface area contributed by atoms with Gasteiger partial charge in [0.2, 0.25) is 28.3 Å². The number of hydrogen-bond acceptors (Lipinski definition) is 14. The van der Waals surface area contributed by atoms with Gasteiger partial charge in [-0.15, -0.1) is 11.3 Å². The molecule has 4 aliphatic heterocycles. The summed E-state index contributed by atoms with van der Waals surface area (Å²) in [6.45, 7) is 3.76. The molecule has 3 aromatic carbocycles. The smallest absolute Gasteiger partial charge is 0.349 e. The van der Waals surface area contributed by atoms with Crippen LogP contribution in [-0.2, 0) is 41.4 Å².